The Morgan fingerprint density at radius 1 is 1.65 bits per heavy atom. The van der Waals surface area contributed by atoms with E-state index < -0.39 is 0 Å². The number of nitrogens with one attached hydrogen (secondary N) is 1. The Morgan fingerprint density at radius 2 is 2.47 bits per heavy atom. The minimum absolute atomic E-state index is 0.122. The molecular formula is C13H22ClN3. The van der Waals surface area contributed by atoms with E-state index in [4.69, 9.17) is 11.6 Å². The molecule has 96 valence electrons. The lowest BCUT2D eigenvalue weighted by atomic mass is 9.77. The zero-order valence-electron chi connectivity index (χ0n) is 10.7. The Hall–Kier alpha value is -0.540. The first-order chi connectivity index (χ1) is 8.13. The molecule has 2 unspecified atom stereocenters. The Balaban J connectivity index is 1.94. The predicted octanol–water partition coefficient (Wildman–Crippen LogP) is 2.70. The predicted molar refractivity (Wildman–Crippen MR) is 71.1 cm³/mol. The molecule has 3 nitrogen and oxygen atoms in total. The summed E-state index contributed by atoms with van der Waals surface area (Å²) in [5.74, 6) is 1.48. The summed E-state index contributed by atoms with van der Waals surface area (Å²) in [7, 11) is 1.95. The van der Waals surface area contributed by atoms with Gasteiger partial charge in [-0.1, -0.05) is 19.8 Å². The van der Waals surface area contributed by atoms with E-state index in [1.54, 1.807) is 0 Å². The molecule has 0 spiro atoms. The van der Waals surface area contributed by atoms with Crippen molar-refractivity contribution < 1.29 is 0 Å². The van der Waals surface area contributed by atoms with Crippen LogP contribution in [0, 0.1) is 5.92 Å². The molecule has 1 aliphatic carbocycles. The lowest BCUT2D eigenvalue weighted by Crippen LogP contribution is -2.49. The first-order valence-corrected chi connectivity index (χ1v) is 6.96. The molecule has 0 aliphatic heterocycles. The third-order valence-electron chi connectivity index (χ3n) is 3.76. The standard InChI is InChI=1S/C13H22ClN3/c1-11-4-3-6-13(8-11,10-14)15-9-12-5-7-17(2)16-12/h5,7,11,15H,3-4,6,8-10H2,1-2H3. The van der Waals surface area contributed by atoms with E-state index in [0.717, 1.165) is 18.2 Å². The van der Waals surface area contributed by atoms with Crippen LogP contribution < -0.4 is 5.32 Å². The highest BCUT2D eigenvalue weighted by atomic mass is 35.5. The fraction of sp³-hybridized carbons (Fsp3) is 0.769. The zero-order valence-corrected chi connectivity index (χ0v) is 11.5. The molecule has 17 heavy (non-hydrogen) atoms. The fourth-order valence-electron chi connectivity index (χ4n) is 2.82. The number of hydrogen-bond donors (Lipinski definition) is 1. The van der Waals surface area contributed by atoms with Gasteiger partial charge in [-0.2, -0.15) is 5.10 Å². The van der Waals surface area contributed by atoms with E-state index >= 15 is 0 Å². The minimum Gasteiger partial charge on any atom is -0.304 e. The first kappa shape index (κ1) is 12.9. The minimum atomic E-state index is 0.122. The number of rotatable bonds is 4. The maximum atomic E-state index is 6.19. The van der Waals surface area contributed by atoms with Crippen LogP contribution >= 0.6 is 11.6 Å². The molecule has 1 saturated carbocycles. The average Bonchev–Trinajstić information content (AvgIpc) is 2.73. The van der Waals surface area contributed by atoms with Gasteiger partial charge >= 0.3 is 0 Å². The lowest BCUT2D eigenvalue weighted by Gasteiger charge is -2.39. The van der Waals surface area contributed by atoms with Gasteiger partial charge in [0.25, 0.3) is 0 Å². The van der Waals surface area contributed by atoms with Crippen LogP contribution in [0.25, 0.3) is 0 Å². The van der Waals surface area contributed by atoms with E-state index in [1.807, 2.05) is 17.9 Å². The smallest absolute Gasteiger partial charge is 0.0762 e. The molecule has 0 radical (unpaired) electrons. The second-order valence-electron chi connectivity index (χ2n) is 5.45. The number of alkyl halides is 1. The van der Waals surface area contributed by atoms with Gasteiger partial charge in [-0.25, -0.2) is 0 Å². The third-order valence-corrected chi connectivity index (χ3v) is 4.27. The van der Waals surface area contributed by atoms with E-state index in [0.29, 0.717) is 5.88 Å². The zero-order chi connectivity index (χ0) is 12.3. The van der Waals surface area contributed by atoms with Gasteiger partial charge in [0.2, 0.25) is 0 Å². The molecule has 1 fully saturated rings. The molecular weight excluding hydrogens is 234 g/mol. The summed E-state index contributed by atoms with van der Waals surface area (Å²) in [5.41, 5.74) is 1.21. The summed E-state index contributed by atoms with van der Waals surface area (Å²) in [5, 5.41) is 8.03. The normalized spacial score (nSPS) is 29.5. The Labute approximate surface area is 109 Å². The molecule has 1 aromatic heterocycles. The highest BCUT2D eigenvalue weighted by Gasteiger charge is 2.33. The van der Waals surface area contributed by atoms with Gasteiger partial charge in [-0.3, -0.25) is 4.68 Å². The molecule has 0 bridgehead atoms. The van der Waals surface area contributed by atoms with Crippen molar-refractivity contribution in [1.82, 2.24) is 15.1 Å². The van der Waals surface area contributed by atoms with Gasteiger partial charge in [0.05, 0.1) is 5.69 Å². The van der Waals surface area contributed by atoms with Crippen LogP contribution in [0.1, 0.15) is 38.3 Å². The van der Waals surface area contributed by atoms with Crippen molar-refractivity contribution in [3.05, 3.63) is 18.0 Å². The monoisotopic (exact) mass is 255 g/mol. The summed E-state index contributed by atoms with van der Waals surface area (Å²) < 4.78 is 1.84. The second-order valence-corrected chi connectivity index (χ2v) is 5.72. The Kier molecular flexibility index (Phi) is 4.10. The van der Waals surface area contributed by atoms with Gasteiger partial charge in [0.1, 0.15) is 0 Å². The average molecular weight is 256 g/mol. The third kappa shape index (κ3) is 3.23. The Bertz CT molecular complexity index is 363. The van der Waals surface area contributed by atoms with Crippen LogP contribution in [0.15, 0.2) is 12.3 Å². The largest absolute Gasteiger partial charge is 0.304 e. The SMILES string of the molecule is CC1CCCC(CCl)(NCc2ccn(C)n2)C1. The molecule has 0 amide bonds. The fourth-order valence-corrected chi connectivity index (χ4v) is 3.16. The first-order valence-electron chi connectivity index (χ1n) is 6.43. The van der Waals surface area contributed by atoms with Crippen LogP contribution in [-0.2, 0) is 13.6 Å². The molecule has 2 atom stereocenters. The number of halogens is 1. The van der Waals surface area contributed by atoms with Gasteiger partial charge in [-0.15, -0.1) is 11.6 Å². The van der Waals surface area contributed by atoms with Gasteiger partial charge in [0, 0.05) is 31.2 Å². The maximum Gasteiger partial charge on any atom is 0.0762 e. The molecule has 1 aliphatic rings. The van der Waals surface area contributed by atoms with Crippen LogP contribution in [0.4, 0.5) is 0 Å². The van der Waals surface area contributed by atoms with E-state index in [-0.39, 0.29) is 5.54 Å². The molecule has 1 N–H and O–H groups in total. The topological polar surface area (TPSA) is 29.9 Å². The van der Waals surface area contributed by atoms with Gasteiger partial charge in [-0.05, 0) is 24.8 Å². The van der Waals surface area contributed by atoms with Crippen molar-refractivity contribution in [3.63, 3.8) is 0 Å². The lowest BCUT2D eigenvalue weighted by molar-refractivity contribution is 0.207. The van der Waals surface area contributed by atoms with E-state index in [1.165, 1.54) is 25.7 Å². The highest BCUT2D eigenvalue weighted by Crippen LogP contribution is 2.33. The van der Waals surface area contributed by atoms with E-state index in [2.05, 4.69) is 23.4 Å². The van der Waals surface area contributed by atoms with Crippen molar-refractivity contribution in [2.75, 3.05) is 5.88 Å². The van der Waals surface area contributed by atoms with E-state index in [9.17, 15) is 0 Å². The Morgan fingerprint density at radius 3 is 3.06 bits per heavy atom. The maximum absolute atomic E-state index is 6.19. The number of hydrogen-bond acceptors (Lipinski definition) is 2. The summed E-state index contributed by atoms with van der Waals surface area (Å²) in [4.78, 5) is 0. The van der Waals surface area contributed by atoms with Gasteiger partial charge < -0.3 is 5.32 Å². The van der Waals surface area contributed by atoms with Crippen molar-refractivity contribution in [3.8, 4) is 0 Å². The van der Waals surface area contributed by atoms with Crippen LogP contribution in [0.3, 0.4) is 0 Å². The molecule has 4 heteroatoms. The van der Waals surface area contributed by atoms with Crippen LogP contribution in [-0.4, -0.2) is 21.2 Å². The number of nitrogens with zero attached hydrogens (tertiary/aromatic N) is 2. The summed E-state index contributed by atoms with van der Waals surface area (Å²) in [6.07, 6.45) is 6.97. The molecule has 1 aromatic rings. The van der Waals surface area contributed by atoms with Crippen molar-refractivity contribution >= 4 is 11.6 Å². The molecule has 1 heterocycles. The van der Waals surface area contributed by atoms with Crippen molar-refractivity contribution in [2.24, 2.45) is 13.0 Å². The highest BCUT2D eigenvalue weighted by molar-refractivity contribution is 6.18. The number of aromatic nitrogens is 2. The summed E-state index contributed by atoms with van der Waals surface area (Å²) in [6.45, 7) is 3.14. The van der Waals surface area contributed by atoms with Crippen LogP contribution in [0.2, 0.25) is 0 Å². The van der Waals surface area contributed by atoms with Gasteiger partial charge in [0.15, 0.2) is 0 Å². The molecule has 0 aromatic carbocycles. The number of aryl methyl sites for hydroxylation is 1. The quantitative estimate of drug-likeness (QED) is 0.839. The molecule has 2 rings (SSSR count). The summed E-state index contributed by atoms with van der Waals surface area (Å²) in [6, 6.07) is 2.06. The molecule has 0 saturated heterocycles. The van der Waals surface area contributed by atoms with Crippen LogP contribution in [0.5, 0.6) is 0 Å². The van der Waals surface area contributed by atoms with Crippen molar-refractivity contribution in [2.45, 2.75) is 44.7 Å². The second kappa shape index (κ2) is 5.40. The summed E-state index contributed by atoms with van der Waals surface area (Å²) >= 11 is 6.19. The van der Waals surface area contributed by atoms with Crippen molar-refractivity contribution in [1.29, 1.82) is 0 Å².